The van der Waals surface area contributed by atoms with Gasteiger partial charge in [-0.25, -0.2) is 9.97 Å². The zero-order valence-corrected chi connectivity index (χ0v) is 44.2. The highest BCUT2D eigenvalue weighted by molar-refractivity contribution is 6.16. The van der Waals surface area contributed by atoms with Crippen molar-refractivity contribution in [3.63, 3.8) is 0 Å². The van der Waals surface area contributed by atoms with Gasteiger partial charge >= 0.3 is 0 Å². The molecule has 75 heavy (non-hydrogen) atoms. The molecular formula is C70H62N2O3. The van der Waals surface area contributed by atoms with E-state index < -0.39 is 0 Å². The third kappa shape index (κ3) is 9.40. The predicted molar refractivity (Wildman–Crippen MR) is 312 cm³/mol. The number of nitrogens with zero attached hydrogens (tertiary/aromatic N) is 2. The van der Waals surface area contributed by atoms with Crippen molar-refractivity contribution in [2.45, 2.75) is 78.6 Å². The maximum absolute atomic E-state index is 12.8. The van der Waals surface area contributed by atoms with Crippen LogP contribution >= 0.6 is 0 Å². The molecule has 0 radical (unpaired) electrons. The summed E-state index contributed by atoms with van der Waals surface area (Å²) in [5, 5.41) is 26.4. The van der Waals surface area contributed by atoms with Gasteiger partial charge in [0.25, 0.3) is 0 Å². The van der Waals surface area contributed by atoms with Gasteiger partial charge in [-0.1, -0.05) is 202 Å². The standard InChI is InChI=1S/C70H62N2O3/c1-68(2,3)49-34-47(35-50(39-49)69(4,5)6)48-37-59(56-42-63-66(52-28-19-20-31-62(52)75-63)65(67(56)74)45-26-17-12-18-27-45)72-60(38-48)58-30-21-29-57(71-58)55-36-46(32-33-61(55)73)64-53(43-22-13-10-14-23-43)40-51(70(7,8)9)41-54(64)44-24-15-11-16-25-44/h10-42,73-74H,1-9H3. The minimum atomic E-state index is -0.130. The van der Waals surface area contributed by atoms with Crippen LogP contribution in [0.3, 0.4) is 0 Å². The fourth-order valence-corrected chi connectivity index (χ4v) is 10.3. The number of pyridine rings is 2. The zero-order valence-electron chi connectivity index (χ0n) is 44.2. The minimum Gasteiger partial charge on any atom is -0.507 e. The van der Waals surface area contributed by atoms with Crippen LogP contribution in [0.5, 0.6) is 11.5 Å². The van der Waals surface area contributed by atoms with Crippen LogP contribution in [0.1, 0.15) is 79.0 Å². The number of furan rings is 1. The second kappa shape index (κ2) is 18.7. The molecule has 0 aliphatic rings. The molecule has 0 aliphatic heterocycles. The van der Waals surface area contributed by atoms with Crippen molar-refractivity contribution in [1.82, 2.24) is 9.97 Å². The van der Waals surface area contributed by atoms with Gasteiger partial charge in [-0.2, -0.15) is 0 Å². The molecule has 0 saturated heterocycles. The molecule has 11 aromatic rings. The molecular weight excluding hydrogens is 917 g/mol. The maximum atomic E-state index is 12.8. The number of phenols is 2. The zero-order chi connectivity index (χ0) is 52.4. The second-order valence-electron chi connectivity index (χ2n) is 23.0. The molecule has 3 aromatic heterocycles. The van der Waals surface area contributed by atoms with E-state index in [-0.39, 0.29) is 27.7 Å². The van der Waals surface area contributed by atoms with Crippen LogP contribution in [0.15, 0.2) is 205 Å². The number of rotatable bonds is 8. The van der Waals surface area contributed by atoms with Crippen LogP contribution < -0.4 is 0 Å². The molecule has 0 unspecified atom stereocenters. The van der Waals surface area contributed by atoms with E-state index >= 15 is 0 Å². The van der Waals surface area contributed by atoms with Crippen LogP contribution in [0.2, 0.25) is 0 Å². The van der Waals surface area contributed by atoms with Crippen LogP contribution in [0.25, 0.3) is 111 Å². The number of para-hydroxylation sites is 1. The Morgan fingerprint density at radius 1 is 0.333 bits per heavy atom. The first-order valence-electron chi connectivity index (χ1n) is 25.9. The summed E-state index contributed by atoms with van der Waals surface area (Å²) in [5.41, 5.74) is 18.2. The summed E-state index contributed by atoms with van der Waals surface area (Å²) < 4.78 is 6.60. The molecule has 0 fully saturated rings. The van der Waals surface area contributed by atoms with Gasteiger partial charge in [0.1, 0.15) is 22.7 Å². The van der Waals surface area contributed by atoms with Crippen LogP contribution in [0.4, 0.5) is 0 Å². The Morgan fingerprint density at radius 2 is 0.840 bits per heavy atom. The van der Waals surface area contributed by atoms with Crippen molar-refractivity contribution in [1.29, 1.82) is 0 Å². The van der Waals surface area contributed by atoms with E-state index in [9.17, 15) is 10.2 Å². The lowest BCUT2D eigenvalue weighted by molar-refractivity contribution is 0.477. The lowest BCUT2D eigenvalue weighted by Gasteiger charge is -2.26. The Hall–Kier alpha value is -8.54. The van der Waals surface area contributed by atoms with Crippen molar-refractivity contribution in [2.75, 3.05) is 0 Å². The van der Waals surface area contributed by atoms with Crippen LogP contribution in [0, 0.1) is 0 Å². The lowest BCUT2D eigenvalue weighted by atomic mass is 9.79. The third-order valence-corrected chi connectivity index (χ3v) is 14.5. The van der Waals surface area contributed by atoms with Gasteiger partial charge in [-0.15, -0.1) is 0 Å². The minimum absolute atomic E-state index is 0.110. The van der Waals surface area contributed by atoms with E-state index in [1.165, 1.54) is 16.7 Å². The Bertz CT molecular complexity index is 3850. The molecule has 0 spiro atoms. The average Bonchev–Trinajstić information content (AvgIpc) is 3.79. The Kier molecular flexibility index (Phi) is 12.2. The van der Waals surface area contributed by atoms with Crippen LogP contribution in [-0.2, 0) is 16.2 Å². The lowest BCUT2D eigenvalue weighted by Crippen LogP contribution is -2.16. The van der Waals surface area contributed by atoms with Crippen LogP contribution in [-0.4, -0.2) is 20.2 Å². The molecule has 3 heterocycles. The van der Waals surface area contributed by atoms with Gasteiger partial charge in [0, 0.05) is 27.5 Å². The number of aromatic nitrogens is 2. The number of phenolic OH excluding ortho intramolecular Hbond substituents is 2. The highest BCUT2D eigenvalue weighted by atomic mass is 16.3. The van der Waals surface area contributed by atoms with Crippen molar-refractivity contribution in [2.24, 2.45) is 0 Å². The Labute approximate surface area is 440 Å². The van der Waals surface area contributed by atoms with E-state index in [0.717, 1.165) is 66.4 Å². The summed E-state index contributed by atoms with van der Waals surface area (Å²) in [6, 6.07) is 68.5. The fourth-order valence-electron chi connectivity index (χ4n) is 10.3. The molecule has 8 aromatic carbocycles. The van der Waals surface area contributed by atoms with Gasteiger partial charge in [0.05, 0.1) is 22.8 Å². The van der Waals surface area contributed by atoms with Crippen molar-refractivity contribution >= 4 is 21.9 Å². The summed E-state index contributed by atoms with van der Waals surface area (Å²) in [7, 11) is 0. The largest absolute Gasteiger partial charge is 0.507 e. The van der Waals surface area contributed by atoms with Crippen molar-refractivity contribution < 1.29 is 14.6 Å². The average molecular weight is 979 g/mol. The van der Waals surface area contributed by atoms with Gasteiger partial charge in [-0.05, 0) is 144 Å². The fraction of sp³-hybridized carbons (Fsp3) is 0.171. The summed E-state index contributed by atoms with van der Waals surface area (Å²) in [5.74, 6) is 0.226. The summed E-state index contributed by atoms with van der Waals surface area (Å²) in [6.45, 7) is 20.3. The molecule has 370 valence electrons. The Morgan fingerprint density at radius 3 is 1.44 bits per heavy atom. The Balaban J connectivity index is 1.13. The highest BCUT2D eigenvalue weighted by Gasteiger charge is 2.27. The molecule has 11 rings (SSSR count). The van der Waals surface area contributed by atoms with Crippen molar-refractivity contribution in [3.8, 4) is 101 Å². The summed E-state index contributed by atoms with van der Waals surface area (Å²) in [4.78, 5) is 10.8. The van der Waals surface area contributed by atoms with E-state index in [1.807, 2.05) is 84.9 Å². The van der Waals surface area contributed by atoms with Gasteiger partial charge < -0.3 is 14.6 Å². The molecule has 0 saturated carbocycles. The number of benzene rings is 8. The number of fused-ring (bicyclic) bond motifs is 3. The first kappa shape index (κ1) is 48.7. The highest BCUT2D eigenvalue weighted by Crippen LogP contribution is 2.49. The second-order valence-corrected chi connectivity index (χ2v) is 23.0. The molecule has 2 N–H and O–H groups in total. The van der Waals surface area contributed by atoms with E-state index in [0.29, 0.717) is 45.0 Å². The number of hydrogen-bond acceptors (Lipinski definition) is 5. The van der Waals surface area contributed by atoms with Gasteiger partial charge in [-0.3, -0.25) is 0 Å². The summed E-state index contributed by atoms with van der Waals surface area (Å²) >= 11 is 0. The number of aromatic hydroxyl groups is 2. The molecule has 5 nitrogen and oxygen atoms in total. The quantitative estimate of drug-likeness (QED) is 0.159. The van der Waals surface area contributed by atoms with E-state index in [1.54, 1.807) is 6.07 Å². The van der Waals surface area contributed by atoms with Gasteiger partial charge in [0.2, 0.25) is 0 Å². The third-order valence-electron chi connectivity index (χ3n) is 14.5. The molecule has 0 aliphatic carbocycles. The molecule has 0 bridgehead atoms. The first-order chi connectivity index (χ1) is 35.9. The predicted octanol–water partition coefficient (Wildman–Crippen LogP) is 19.0. The molecule has 0 amide bonds. The van der Waals surface area contributed by atoms with Crippen molar-refractivity contribution in [3.05, 3.63) is 217 Å². The van der Waals surface area contributed by atoms with E-state index in [4.69, 9.17) is 14.4 Å². The topological polar surface area (TPSA) is 79.4 Å². The molecule has 5 heteroatoms. The SMILES string of the molecule is CC(C)(C)c1cc(-c2cc(-c3cccc(-c4cc(-c5c(-c6ccccc6)cc(C(C)(C)C)cc5-c5ccccc5)ccc4O)n3)nc(-c3cc4oc5ccccc5c4c(-c4ccccc4)c3O)c2)cc(C(C)(C)C)c1. The van der Waals surface area contributed by atoms with E-state index in [2.05, 4.69) is 172 Å². The monoisotopic (exact) mass is 978 g/mol. The maximum Gasteiger partial charge on any atom is 0.137 e. The number of hydrogen-bond donors (Lipinski definition) is 2. The van der Waals surface area contributed by atoms with Gasteiger partial charge in [0.15, 0.2) is 0 Å². The smallest absolute Gasteiger partial charge is 0.137 e. The first-order valence-corrected chi connectivity index (χ1v) is 25.9. The summed E-state index contributed by atoms with van der Waals surface area (Å²) in [6.07, 6.45) is 0. The normalized spacial score (nSPS) is 12.2. The molecule has 0 atom stereocenters.